The van der Waals surface area contributed by atoms with Gasteiger partial charge in [-0.25, -0.2) is 0 Å². The molecule has 0 saturated heterocycles. The highest BCUT2D eigenvalue weighted by Gasteiger charge is 2.28. The topological polar surface area (TPSA) is 139 Å². The van der Waals surface area contributed by atoms with E-state index in [2.05, 4.69) is 213 Å². The van der Waals surface area contributed by atoms with E-state index in [1.165, 1.54) is 0 Å². The van der Waals surface area contributed by atoms with E-state index in [1.54, 1.807) is 9.59 Å². The first-order valence-corrected chi connectivity index (χ1v) is 18.4. The molecule has 0 aliphatic rings. The van der Waals surface area contributed by atoms with E-state index in [9.17, 15) is 0 Å². The summed E-state index contributed by atoms with van der Waals surface area (Å²) in [4.78, 5) is 7.81. The predicted octanol–water partition coefficient (Wildman–Crippen LogP) is 12.5. The van der Waals surface area contributed by atoms with Crippen molar-refractivity contribution in [3.8, 4) is 0 Å². The summed E-state index contributed by atoms with van der Waals surface area (Å²) in [5.41, 5.74) is 2.06. The molecular formula is C44H90N10O2. The number of hydrogen-bond donors (Lipinski definition) is 0. The molecule has 4 heterocycles. The second-order valence-electron chi connectivity index (χ2n) is 21.8. The molecule has 12 nitrogen and oxygen atoms in total. The Bertz CT molecular complexity index is 1290. The lowest BCUT2D eigenvalue weighted by Crippen LogP contribution is -2.25. The van der Waals surface area contributed by atoms with E-state index in [0.29, 0.717) is 5.89 Å². The van der Waals surface area contributed by atoms with Crippen LogP contribution in [-0.4, -0.2) is 50.5 Å². The van der Waals surface area contributed by atoms with Crippen molar-refractivity contribution in [2.24, 2.45) is 0 Å². The minimum atomic E-state index is -0.0868. The lowest BCUT2D eigenvalue weighted by Gasteiger charge is -2.18. The molecule has 0 amide bonds. The van der Waals surface area contributed by atoms with E-state index < -0.39 is 0 Å². The van der Waals surface area contributed by atoms with Gasteiger partial charge in [0.2, 0.25) is 5.89 Å². The first-order chi connectivity index (χ1) is 22.8. The lowest BCUT2D eigenvalue weighted by atomic mass is 9.88. The van der Waals surface area contributed by atoms with E-state index in [-0.39, 0.29) is 73.3 Å². The highest BCUT2D eigenvalue weighted by molar-refractivity contribution is 5.18. The van der Waals surface area contributed by atoms with E-state index in [4.69, 9.17) is 9.05 Å². The van der Waals surface area contributed by atoms with Gasteiger partial charge in [-0.1, -0.05) is 165 Å². The number of tetrazole rings is 1. The van der Waals surface area contributed by atoms with Crippen molar-refractivity contribution < 1.29 is 9.05 Å². The van der Waals surface area contributed by atoms with E-state index in [1.807, 2.05) is 6.20 Å². The lowest BCUT2D eigenvalue weighted by molar-refractivity contribution is 0.303. The molecule has 0 atom stereocenters. The van der Waals surface area contributed by atoms with Crippen LogP contribution in [0.2, 0.25) is 0 Å². The van der Waals surface area contributed by atoms with Gasteiger partial charge in [-0.15, -0.1) is 10.2 Å². The smallest absolute Gasteiger partial charge is 0.232 e. The Hall–Kier alpha value is -3.44. The summed E-state index contributed by atoms with van der Waals surface area (Å²) in [7, 11) is 0. The van der Waals surface area contributed by atoms with Crippen LogP contribution in [0, 0.1) is 0 Å². The van der Waals surface area contributed by atoms with Gasteiger partial charge in [0.1, 0.15) is 5.76 Å². The maximum Gasteiger partial charge on any atom is 0.232 e. The van der Waals surface area contributed by atoms with Crippen LogP contribution in [0.15, 0.2) is 21.3 Å². The third-order valence-corrected chi connectivity index (χ3v) is 7.30. The highest BCUT2D eigenvalue weighted by atomic mass is 16.5. The van der Waals surface area contributed by atoms with Gasteiger partial charge in [0, 0.05) is 38.6 Å². The molecule has 56 heavy (non-hydrogen) atoms. The SMILES string of the molecule is C.C.C.C.CC(C)(C)c1cc(C(C)(C)C)on1.CC(C)(C)c1cnn(C(C)(C)C)n1.CC(C)(C)c1nnn(C(C)(C)C)n1.CC(C)(C)c1noc(C(C)(C)C)n1. The first kappa shape index (κ1) is 59.3. The first-order valence-electron chi connectivity index (χ1n) is 18.4. The van der Waals surface area contributed by atoms with Crippen LogP contribution in [0.3, 0.4) is 0 Å². The number of aromatic nitrogens is 10. The molecule has 4 aromatic heterocycles. The van der Waals surface area contributed by atoms with E-state index in [0.717, 1.165) is 28.8 Å². The third-order valence-electron chi connectivity index (χ3n) is 7.30. The zero-order valence-corrected chi connectivity index (χ0v) is 37.4. The van der Waals surface area contributed by atoms with E-state index >= 15 is 0 Å². The monoisotopic (exact) mass is 791 g/mol. The molecule has 0 aromatic carbocycles. The summed E-state index contributed by atoms with van der Waals surface area (Å²) >= 11 is 0. The molecular weight excluding hydrogens is 701 g/mol. The molecule has 0 N–H and O–H groups in total. The zero-order chi connectivity index (χ0) is 41.1. The normalized spacial score (nSPS) is 12.4. The van der Waals surface area contributed by atoms with Crippen LogP contribution in [0.1, 0.15) is 231 Å². The Morgan fingerprint density at radius 3 is 1.11 bits per heavy atom. The summed E-state index contributed by atoms with van der Waals surface area (Å²) in [5, 5.41) is 29.2. The standard InChI is InChI=1S/C11H19NO.C10H19N3.C10H18N2O.C9H18N4.4CH4/c1-10(2,3)8-7-9(13-12-8)11(4,5)6;1-9(2,3)8-7-11-13(12-8)10(4,5)6;1-9(2,3)7-11-8(13-12-7)10(4,5)6;1-8(2,3)7-10-12-13(11-7)9(4,5)6;;;;/h2*7H,1-6H3;2*1-6H3;4*1H4. The molecule has 4 rings (SSSR count). The Labute approximate surface area is 345 Å². The quantitative estimate of drug-likeness (QED) is 0.169. The fourth-order valence-electron chi connectivity index (χ4n) is 3.54. The molecule has 0 aliphatic heterocycles. The van der Waals surface area contributed by atoms with Crippen LogP contribution >= 0.6 is 0 Å². The minimum Gasteiger partial charge on any atom is -0.361 e. The molecule has 4 aromatic rings. The molecule has 0 spiro atoms. The molecule has 0 saturated carbocycles. The molecule has 0 bridgehead atoms. The Balaban J connectivity index is -0.000000314. The Morgan fingerprint density at radius 1 is 0.446 bits per heavy atom. The van der Waals surface area contributed by atoms with Crippen LogP contribution in [-0.2, 0) is 43.6 Å². The van der Waals surface area contributed by atoms with Gasteiger partial charge in [-0.3, -0.25) is 0 Å². The molecule has 0 fully saturated rings. The predicted molar refractivity (Wildman–Crippen MR) is 238 cm³/mol. The molecule has 0 aliphatic carbocycles. The second kappa shape index (κ2) is 20.3. The Morgan fingerprint density at radius 2 is 0.893 bits per heavy atom. The summed E-state index contributed by atoms with van der Waals surface area (Å²) in [6.45, 7) is 50.3. The van der Waals surface area contributed by atoms with Crippen molar-refractivity contribution in [1.29, 1.82) is 0 Å². The maximum atomic E-state index is 5.31. The number of hydrogen-bond acceptors (Lipinski definition) is 10. The van der Waals surface area contributed by atoms with Crippen molar-refractivity contribution in [3.05, 3.63) is 47.0 Å². The summed E-state index contributed by atoms with van der Waals surface area (Å²) in [6, 6.07) is 2.06. The Kier molecular flexibility index (Phi) is 21.5. The molecule has 328 valence electrons. The van der Waals surface area contributed by atoms with Crippen molar-refractivity contribution in [1.82, 2.24) is 50.5 Å². The van der Waals surface area contributed by atoms with Gasteiger partial charge in [-0.05, 0) is 46.8 Å². The van der Waals surface area contributed by atoms with Crippen molar-refractivity contribution in [3.63, 3.8) is 0 Å². The van der Waals surface area contributed by atoms with Gasteiger partial charge in [-0.2, -0.15) is 24.8 Å². The van der Waals surface area contributed by atoms with Crippen LogP contribution < -0.4 is 0 Å². The van der Waals surface area contributed by atoms with Crippen molar-refractivity contribution in [2.45, 2.75) is 239 Å². The van der Waals surface area contributed by atoms with Crippen molar-refractivity contribution in [2.75, 3.05) is 0 Å². The number of nitrogens with zero attached hydrogens (tertiary/aromatic N) is 10. The fourth-order valence-corrected chi connectivity index (χ4v) is 3.54. The summed E-state index contributed by atoms with van der Waals surface area (Å²) < 4.78 is 10.5. The number of rotatable bonds is 0. The van der Waals surface area contributed by atoms with Crippen LogP contribution in [0.25, 0.3) is 0 Å². The maximum absolute atomic E-state index is 5.31. The van der Waals surface area contributed by atoms with Crippen molar-refractivity contribution >= 4 is 0 Å². The molecule has 0 radical (unpaired) electrons. The summed E-state index contributed by atoms with van der Waals surface area (Å²) in [6.07, 6.45) is 1.85. The zero-order valence-electron chi connectivity index (χ0n) is 37.4. The highest BCUT2D eigenvalue weighted by Crippen LogP contribution is 2.28. The van der Waals surface area contributed by atoms with Crippen LogP contribution in [0.5, 0.6) is 0 Å². The van der Waals surface area contributed by atoms with Gasteiger partial charge in [0.05, 0.1) is 28.7 Å². The summed E-state index contributed by atoms with van der Waals surface area (Å²) in [5.74, 6) is 3.23. The fraction of sp³-hybridized carbons (Fsp3) is 0.818. The van der Waals surface area contributed by atoms with Gasteiger partial charge >= 0.3 is 0 Å². The average molecular weight is 791 g/mol. The van der Waals surface area contributed by atoms with Gasteiger partial charge in [0.15, 0.2) is 11.6 Å². The van der Waals surface area contributed by atoms with Gasteiger partial charge in [0.25, 0.3) is 0 Å². The minimum absolute atomic E-state index is 0. The third kappa shape index (κ3) is 19.1. The molecule has 12 heteroatoms. The second-order valence-corrected chi connectivity index (χ2v) is 21.8. The van der Waals surface area contributed by atoms with Gasteiger partial charge < -0.3 is 9.05 Å². The largest absolute Gasteiger partial charge is 0.361 e. The average Bonchev–Trinajstić information content (AvgIpc) is 3.72. The molecule has 0 unspecified atom stereocenters. The van der Waals surface area contributed by atoms with Crippen LogP contribution in [0.4, 0.5) is 0 Å².